The molecule has 0 spiro atoms. The van der Waals surface area contributed by atoms with E-state index < -0.39 is 0 Å². The van der Waals surface area contributed by atoms with E-state index in [1.54, 1.807) is 16.3 Å². The van der Waals surface area contributed by atoms with Crippen LogP contribution in [0.2, 0.25) is 0 Å². The van der Waals surface area contributed by atoms with Crippen LogP contribution in [0.4, 0.5) is 0 Å². The van der Waals surface area contributed by atoms with Gasteiger partial charge in [0.05, 0.1) is 0 Å². The Bertz CT molecular complexity index is 400. The molecule has 0 aliphatic rings. The summed E-state index contributed by atoms with van der Waals surface area (Å²) in [4.78, 5) is 11.6. The summed E-state index contributed by atoms with van der Waals surface area (Å²) >= 11 is 5.18. The number of hydrogen-bond donors (Lipinski definition) is 1. The molecule has 0 bridgehead atoms. The van der Waals surface area contributed by atoms with Gasteiger partial charge in [0, 0.05) is 17.1 Å². The summed E-state index contributed by atoms with van der Waals surface area (Å²) in [6.07, 6.45) is 0. The average molecular weight is 322 g/mol. The third-order valence-corrected chi connectivity index (χ3v) is 4.73. The third kappa shape index (κ3) is 3.88. The first-order chi connectivity index (χ1) is 7.97. The van der Waals surface area contributed by atoms with Crippen molar-refractivity contribution >= 4 is 27.7 Å². The quantitative estimate of drug-likeness (QED) is 0.647. The summed E-state index contributed by atoms with van der Waals surface area (Å²) in [7, 11) is 0. The molecule has 0 saturated heterocycles. The van der Waals surface area contributed by atoms with Crippen LogP contribution in [-0.4, -0.2) is 25.8 Å². The molecule has 0 aromatic carbocycles. The molecular formula is C11H20BrN3OS. The molecule has 1 aromatic rings. The number of nitrogens with one attached hydrogen (secondary N) is 1. The van der Waals surface area contributed by atoms with E-state index in [1.165, 1.54) is 0 Å². The number of aromatic nitrogens is 3. The molecular weight excluding hydrogens is 302 g/mol. The fourth-order valence-corrected chi connectivity index (χ4v) is 4.13. The van der Waals surface area contributed by atoms with Crippen LogP contribution in [0.1, 0.15) is 33.7 Å². The minimum absolute atomic E-state index is 0.123. The van der Waals surface area contributed by atoms with Crippen LogP contribution in [0.3, 0.4) is 0 Å². The van der Waals surface area contributed by atoms with Gasteiger partial charge in [0.15, 0.2) is 5.16 Å². The lowest BCUT2D eigenvalue weighted by atomic mass is 10.0. The number of alkyl halides is 1. The minimum atomic E-state index is -0.123. The number of thioether (sulfide) groups is 1. The van der Waals surface area contributed by atoms with Gasteiger partial charge in [-0.15, -0.1) is 5.10 Å². The van der Waals surface area contributed by atoms with E-state index in [-0.39, 0.29) is 11.7 Å². The lowest BCUT2D eigenvalue weighted by molar-refractivity contribution is 0.473. The largest absolute Gasteiger partial charge is 0.344 e. The summed E-state index contributed by atoms with van der Waals surface area (Å²) in [5.74, 6) is 2.19. The summed E-state index contributed by atoms with van der Waals surface area (Å²) in [5, 5.41) is 8.36. The first kappa shape index (κ1) is 14.8. The van der Waals surface area contributed by atoms with Crippen LogP contribution in [0, 0.1) is 11.8 Å². The molecule has 17 heavy (non-hydrogen) atoms. The normalized spacial score (nSPS) is 13.6. The van der Waals surface area contributed by atoms with Crippen molar-refractivity contribution < 1.29 is 0 Å². The van der Waals surface area contributed by atoms with Gasteiger partial charge in [-0.05, 0) is 25.7 Å². The van der Waals surface area contributed by atoms with Gasteiger partial charge in [0.2, 0.25) is 0 Å². The molecule has 6 heteroatoms. The van der Waals surface area contributed by atoms with Gasteiger partial charge >= 0.3 is 5.69 Å². The van der Waals surface area contributed by atoms with E-state index >= 15 is 0 Å². The highest BCUT2D eigenvalue weighted by Gasteiger charge is 2.16. The van der Waals surface area contributed by atoms with Crippen LogP contribution in [-0.2, 0) is 0 Å². The fraction of sp³-hybridized carbons (Fsp3) is 0.818. The topological polar surface area (TPSA) is 50.7 Å². The van der Waals surface area contributed by atoms with Gasteiger partial charge in [0.1, 0.15) is 0 Å². The van der Waals surface area contributed by atoms with Gasteiger partial charge in [-0.1, -0.05) is 41.5 Å². The lowest BCUT2D eigenvalue weighted by Crippen LogP contribution is -2.20. The number of H-pyrrole nitrogens is 1. The number of nitrogens with zero attached hydrogens (tertiary/aromatic N) is 2. The zero-order valence-corrected chi connectivity index (χ0v) is 13.1. The van der Waals surface area contributed by atoms with Crippen LogP contribution >= 0.6 is 27.7 Å². The first-order valence-electron chi connectivity index (χ1n) is 5.83. The second-order valence-corrected chi connectivity index (χ2v) is 6.38. The van der Waals surface area contributed by atoms with Gasteiger partial charge in [-0.25, -0.2) is 9.89 Å². The maximum Gasteiger partial charge on any atom is 0.344 e. The molecule has 0 aliphatic carbocycles. The first-order valence-corrected chi connectivity index (χ1v) is 7.93. The average Bonchev–Trinajstić information content (AvgIpc) is 2.60. The molecule has 1 heterocycles. The molecule has 0 fully saturated rings. The van der Waals surface area contributed by atoms with E-state index in [4.69, 9.17) is 0 Å². The molecule has 0 radical (unpaired) electrons. The standard InChI is InChI=1S/C11H20BrN3OS/c1-7(2)9(5-12)6-17-11-14-13-10(16)15(11)8(3)4/h7-9H,5-6H2,1-4H3,(H,13,16). The predicted molar refractivity (Wildman–Crippen MR) is 76.1 cm³/mol. The molecule has 0 saturated carbocycles. The molecule has 98 valence electrons. The van der Waals surface area contributed by atoms with E-state index in [9.17, 15) is 4.79 Å². The van der Waals surface area contributed by atoms with Crippen molar-refractivity contribution in [1.29, 1.82) is 0 Å². The van der Waals surface area contributed by atoms with Crippen molar-refractivity contribution in [3.8, 4) is 0 Å². The Kier molecular flexibility index (Phi) is 5.79. The monoisotopic (exact) mass is 321 g/mol. The highest BCUT2D eigenvalue weighted by atomic mass is 79.9. The van der Waals surface area contributed by atoms with Crippen molar-refractivity contribution in [3.05, 3.63) is 10.5 Å². The number of rotatable bonds is 6. The molecule has 0 aliphatic heterocycles. The van der Waals surface area contributed by atoms with Crippen LogP contribution in [0.15, 0.2) is 9.95 Å². The minimum Gasteiger partial charge on any atom is -0.268 e. The van der Waals surface area contributed by atoms with Crippen molar-refractivity contribution in [3.63, 3.8) is 0 Å². The van der Waals surface area contributed by atoms with Gasteiger partial charge in [0.25, 0.3) is 0 Å². The van der Waals surface area contributed by atoms with Gasteiger partial charge in [-0.2, -0.15) is 0 Å². The molecule has 1 aromatic heterocycles. The van der Waals surface area contributed by atoms with Crippen LogP contribution in [0.25, 0.3) is 0 Å². The van der Waals surface area contributed by atoms with Crippen LogP contribution < -0.4 is 5.69 Å². The molecule has 1 unspecified atom stereocenters. The van der Waals surface area contributed by atoms with E-state index in [0.717, 1.165) is 16.2 Å². The maximum atomic E-state index is 11.6. The zero-order valence-electron chi connectivity index (χ0n) is 10.7. The molecule has 4 nitrogen and oxygen atoms in total. The summed E-state index contributed by atoms with van der Waals surface area (Å²) < 4.78 is 1.70. The fourth-order valence-electron chi connectivity index (χ4n) is 1.44. The second-order valence-electron chi connectivity index (χ2n) is 4.74. The Morgan fingerprint density at radius 2 is 2.06 bits per heavy atom. The zero-order chi connectivity index (χ0) is 13.0. The van der Waals surface area contributed by atoms with E-state index in [0.29, 0.717) is 11.8 Å². The Hall–Kier alpha value is -0.230. The number of aromatic amines is 1. The molecule has 1 N–H and O–H groups in total. The van der Waals surface area contributed by atoms with E-state index in [1.807, 2.05) is 13.8 Å². The van der Waals surface area contributed by atoms with Crippen LogP contribution in [0.5, 0.6) is 0 Å². The Labute approximate surface area is 115 Å². The highest BCUT2D eigenvalue weighted by Crippen LogP contribution is 2.24. The summed E-state index contributed by atoms with van der Waals surface area (Å²) in [5.41, 5.74) is -0.123. The van der Waals surface area contributed by atoms with Gasteiger partial charge in [-0.3, -0.25) is 4.57 Å². The maximum absolute atomic E-state index is 11.6. The Balaban J connectivity index is 2.72. The second kappa shape index (κ2) is 6.64. The van der Waals surface area contributed by atoms with Crippen molar-refractivity contribution in [2.45, 2.75) is 38.9 Å². The number of hydrogen-bond acceptors (Lipinski definition) is 3. The Morgan fingerprint density at radius 1 is 1.41 bits per heavy atom. The molecule has 1 atom stereocenters. The summed E-state index contributed by atoms with van der Waals surface area (Å²) in [6, 6.07) is 0.144. The third-order valence-electron chi connectivity index (χ3n) is 2.76. The van der Waals surface area contributed by atoms with Gasteiger partial charge < -0.3 is 0 Å². The predicted octanol–water partition coefficient (Wildman–Crippen LogP) is 2.91. The smallest absolute Gasteiger partial charge is 0.268 e. The number of halogens is 1. The van der Waals surface area contributed by atoms with Crippen molar-refractivity contribution in [2.75, 3.05) is 11.1 Å². The van der Waals surface area contributed by atoms with Crippen molar-refractivity contribution in [2.24, 2.45) is 11.8 Å². The molecule has 0 amide bonds. The Morgan fingerprint density at radius 3 is 2.53 bits per heavy atom. The highest BCUT2D eigenvalue weighted by molar-refractivity contribution is 9.09. The molecule has 1 rings (SSSR count). The van der Waals surface area contributed by atoms with Crippen molar-refractivity contribution in [1.82, 2.24) is 14.8 Å². The summed E-state index contributed by atoms with van der Waals surface area (Å²) in [6.45, 7) is 8.41. The lowest BCUT2D eigenvalue weighted by Gasteiger charge is -2.17. The van der Waals surface area contributed by atoms with E-state index in [2.05, 4.69) is 40.0 Å². The SMILES string of the molecule is CC(C)C(CBr)CSc1n[nH]c(=O)n1C(C)C.